The van der Waals surface area contributed by atoms with Crippen LogP contribution in [-0.4, -0.2) is 18.4 Å². The summed E-state index contributed by atoms with van der Waals surface area (Å²) in [6, 6.07) is 19.2. The molecule has 0 radical (unpaired) electrons. The van der Waals surface area contributed by atoms with Gasteiger partial charge >= 0.3 is 0 Å². The second-order valence-electron chi connectivity index (χ2n) is 6.80. The van der Waals surface area contributed by atoms with Gasteiger partial charge in [-0.2, -0.15) is 0 Å². The number of benzene rings is 3. The summed E-state index contributed by atoms with van der Waals surface area (Å²) in [7, 11) is 0. The number of carbonyl (C=O) groups excluding carboxylic acids is 2. The van der Waals surface area contributed by atoms with Crippen molar-refractivity contribution in [1.29, 1.82) is 0 Å². The number of amides is 2. The van der Waals surface area contributed by atoms with Crippen LogP contribution >= 0.6 is 0 Å². The Morgan fingerprint density at radius 3 is 2.52 bits per heavy atom. The van der Waals surface area contributed by atoms with Crippen molar-refractivity contribution in [3.05, 3.63) is 78.1 Å². The highest BCUT2D eigenvalue weighted by Gasteiger charge is 2.14. The van der Waals surface area contributed by atoms with Crippen LogP contribution in [0.15, 0.2) is 71.3 Å². The monoisotopic (exact) mass is 388 g/mol. The van der Waals surface area contributed by atoms with Crippen molar-refractivity contribution in [2.24, 2.45) is 0 Å². The Bertz CT molecular complexity index is 1180. The van der Waals surface area contributed by atoms with E-state index >= 15 is 0 Å². The van der Waals surface area contributed by atoms with Crippen LogP contribution in [0.25, 0.3) is 21.7 Å². The molecule has 0 saturated carbocycles. The number of ether oxygens (including phenoxy) is 1. The zero-order chi connectivity index (χ0) is 20.2. The quantitative estimate of drug-likeness (QED) is 0.511. The lowest BCUT2D eigenvalue weighted by molar-refractivity contribution is -0.129. The van der Waals surface area contributed by atoms with E-state index in [1.165, 1.54) is 0 Å². The molecule has 29 heavy (non-hydrogen) atoms. The van der Waals surface area contributed by atoms with Crippen molar-refractivity contribution >= 4 is 33.6 Å². The minimum Gasteiger partial charge on any atom is -0.484 e. The van der Waals surface area contributed by atoms with Gasteiger partial charge in [-0.05, 0) is 35.9 Å². The molecule has 0 unspecified atom stereocenters. The number of hydrogen-bond acceptors (Lipinski definition) is 4. The first-order valence-corrected chi connectivity index (χ1v) is 9.25. The summed E-state index contributed by atoms with van der Waals surface area (Å²) in [5.74, 6) is -0.195. The highest BCUT2D eigenvalue weighted by atomic mass is 16.5. The van der Waals surface area contributed by atoms with E-state index in [-0.39, 0.29) is 18.9 Å². The molecule has 1 heterocycles. The van der Waals surface area contributed by atoms with Crippen molar-refractivity contribution in [1.82, 2.24) is 10.9 Å². The normalized spacial score (nSPS) is 10.8. The number of carbonyl (C=O) groups is 2. The number of nitrogens with one attached hydrogen (secondary N) is 2. The summed E-state index contributed by atoms with van der Waals surface area (Å²) in [6.07, 6.45) is 1.67. The van der Waals surface area contributed by atoms with Gasteiger partial charge in [-0.1, -0.05) is 48.0 Å². The fourth-order valence-electron chi connectivity index (χ4n) is 3.18. The molecule has 4 rings (SSSR count). The van der Waals surface area contributed by atoms with Gasteiger partial charge in [0.15, 0.2) is 6.61 Å². The first-order chi connectivity index (χ1) is 14.1. The topological polar surface area (TPSA) is 80.6 Å². The third-order valence-corrected chi connectivity index (χ3v) is 4.62. The van der Waals surface area contributed by atoms with Crippen molar-refractivity contribution in [3.63, 3.8) is 0 Å². The highest BCUT2D eigenvalue weighted by Crippen LogP contribution is 2.30. The van der Waals surface area contributed by atoms with E-state index in [2.05, 4.69) is 10.9 Å². The number of hydrazine groups is 1. The zero-order valence-corrected chi connectivity index (χ0v) is 15.9. The maximum absolute atomic E-state index is 12.3. The molecule has 0 aliphatic carbocycles. The summed E-state index contributed by atoms with van der Waals surface area (Å²) < 4.78 is 11.0. The second-order valence-corrected chi connectivity index (χ2v) is 6.80. The van der Waals surface area contributed by atoms with Gasteiger partial charge in [0.1, 0.15) is 11.3 Å². The first-order valence-electron chi connectivity index (χ1n) is 9.25. The van der Waals surface area contributed by atoms with Gasteiger partial charge in [-0.15, -0.1) is 0 Å². The maximum atomic E-state index is 12.3. The van der Waals surface area contributed by atoms with Crippen LogP contribution in [0, 0.1) is 6.92 Å². The highest BCUT2D eigenvalue weighted by molar-refractivity contribution is 6.08. The molecule has 3 aromatic carbocycles. The summed E-state index contributed by atoms with van der Waals surface area (Å²) >= 11 is 0. The summed E-state index contributed by atoms with van der Waals surface area (Å²) in [5, 5.41) is 3.01. The summed E-state index contributed by atoms with van der Waals surface area (Å²) in [6.45, 7) is 1.78. The molecule has 0 fully saturated rings. The number of furan rings is 1. The largest absolute Gasteiger partial charge is 0.484 e. The molecule has 1 aromatic heterocycles. The maximum Gasteiger partial charge on any atom is 0.276 e. The van der Waals surface area contributed by atoms with Gasteiger partial charge in [0.2, 0.25) is 5.91 Å². The molecule has 2 amide bonds. The Balaban J connectivity index is 1.35. The third-order valence-electron chi connectivity index (χ3n) is 4.62. The van der Waals surface area contributed by atoms with E-state index in [1.807, 2.05) is 55.5 Å². The van der Waals surface area contributed by atoms with Crippen LogP contribution in [0.1, 0.15) is 11.1 Å². The minimum atomic E-state index is -0.443. The molecule has 0 bridgehead atoms. The number of hydrogen-bond donors (Lipinski definition) is 2. The fraction of sp³-hybridized carbons (Fsp3) is 0.130. The van der Waals surface area contributed by atoms with E-state index < -0.39 is 5.91 Å². The molecular formula is C23H20N2O4. The predicted octanol–water partition coefficient (Wildman–Crippen LogP) is 3.66. The molecule has 6 heteroatoms. The third kappa shape index (κ3) is 4.21. The van der Waals surface area contributed by atoms with Gasteiger partial charge in [0, 0.05) is 10.9 Å². The van der Waals surface area contributed by atoms with Crippen LogP contribution in [0.2, 0.25) is 0 Å². The van der Waals surface area contributed by atoms with E-state index in [9.17, 15) is 9.59 Å². The van der Waals surface area contributed by atoms with E-state index in [0.29, 0.717) is 5.75 Å². The van der Waals surface area contributed by atoms with E-state index in [1.54, 1.807) is 18.4 Å². The molecule has 2 N–H and O–H groups in total. The number of fused-ring (bicyclic) bond motifs is 3. The molecule has 0 atom stereocenters. The van der Waals surface area contributed by atoms with Gasteiger partial charge in [0.25, 0.3) is 5.91 Å². The van der Waals surface area contributed by atoms with Crippen LogP contribution in [-0.2, 0) is 16.0 Å². The Labute approximate surface area is 167 Å². The number of rotatable bonds is 5. The summed E-state index contributed by atoms with van der Waals surface area (Å²) in [4.78, 5) is 24.2. The Kier molecular flexibility index (Phi) is 5.16. The molecule has 0 aliphatic rings. The van der Waals surface area contributed by atoms with Crippen molar-refractivity contribution in [2.45, 2.75) is 13.3 Å². The standard InChI is InChI=1S/C23H20N2O4/c1-15-6-9-18(10-7-15)28-14-22(27)25-24-21(26)12-17-13-29-20-11-8-16-4-2-3-5-19(16)23(17)20/h2-11,13H,12,14H2,1H3,(H,24,26)(H,25,27). The van der Waals surface area contributed by atoms with Gasteiger partial charge in [0.05, 0.1) is 12.7 Å². The lowest BCUT2D eigenvalue weighted by Crippen LogP contribution is -2.44. The molecule has 0 saturated heterocycles. The first kappa shape index (κ1) is 18.6. The molecule has 4 aromatic rings. The molecule has 6 nitrogen and oxygen atoms in total. The van der Waals surface area contributed by atoms with Gasteiger partial charge in [-0.3, -0.25) is 20.4 Å². The Morgan fingerprint density at radius 1 is 0.931 bits per heavy atom. The zero-order valence-electron chi connectivity index (χ0n) is 15.9. The van der Waals surface area contributed by atoms with Crippen LogP contribution in [0.4, 0.5) is 0 Å². The number of aryl methyl sites for hydroxylation is 1. The SMILES string of the molecule is Cc1ccc(OCC(=O)NNC(=O)Cc2coc3ccc4ccccc4c23)cc1. The Hall–Kier alpha value is -3.80. The van der Waals surface area contributed by atoms with Crippen LogP contribution < -0.4 is 15.6 Å². The minimum absolute atomic E-state index is 0.0834. The van der Waals surface area contributed by atoms with Gasteiger partial charge < -0.3 is 9.15 Å². The second kappa shape index (κ2) is 8.06. The van der Waals surface area contributed by atoms with Gasteiger partial charge in [-0.25, -0.2) is 0 Å². The molecule has 146 valence electrons. The smallest absolute Gasteiger partial charge is 0.276 e. The van der Waals surface area contributed by atoms with Crippen molar-refractivity contribution < 1.29 is 18.7 Å². The predicted molar refractivity (Wildman–Crippen MR) is 110 cm³/mol. The lowest BCUT2D eigenvalue weighted by atomic mass is 10.0. The van der Waals surface area contributed by atoms with Crippen LogP contribution in [0.3, 0.4) is 0 Å². The molecular weight excluding hydrogens is 368 g/mol. The Morgan fingerprint density at radius 2 is 1.69 bits per heavy atom. The average Bonchev–Trinajstić information content (AvgIpc) is 3.15. The molecule has 0 aliphatic heterocycles. The van der Waals surface area contributed by atoms with Crippen molar-refractivity contribution in [3.8, 4) is 5.75 Å². The molecule has 0 spiro atoms. The lowest BCUT2D eigenvalue weighted by Gasteiger charge is -2.09. The average molecular weight is 388 g/mol. The van der Waals surface area contributed by atoms with Crippen molar-refractivity contribution in [2.75, 3.05) is 6.61 Å². The summed E-state index contributed by atoms with van der Waals surface area (Å²) in [5.41, 5.74) is 7.38. The van der Waals surface area contributed by atoms with Crippen LogP contribution in [0.5, 0.6) is 5.75 Å². The fourth-order valence-corrected chi connectivity index (χ4v) is 3.18. The van der Waals surface area contributed by atoms with E-state index in [4.69, 9.17) is 9.15 Å². The van der Waals surface area contributed by atoms with E-state index in [0.717, 1.165) is 32.9 Å².